The van der Waals surface area contributed by atoms with E-state index in [1.165, 1.54) is 97.1 Å². The van der Waals surface area contributed by atoms with Crippen LogP contribution in [0.25, 0.3) is 16.0 Å². The summed E-state index contributed by atoms with van der Waals surface area (Å²) in [7, 11) is 0. The third-order valence-corrected chi connectivity index (χ3v) is 15.3. The molecule has 0 aromatic heterocycles. The van der Waals surface area contributed by atoms with E-state index in [1.54, 1.807) is 84.9 Å². The number of ether oxygens (including phenoxy) is 11. The van der Waals surface area contributed by atoms with Gasteiger partial charge in [0.15, 0.2) is 34.2 Å². The van der Waals surface area contributed by atoms with Crippen LogP contribution >= 0.6 is 0 Å². The van der Waals surface area contributed by atoms with Gasteiger partial charge in [-0.1, -0.05) is 60.1 Å². The predicted octanol–water partition coefficient (Wildman–Crippen LogP) is 13.7. The van der Waals surface area contributed by atoms with Crippen molar-refractivity contribution >= 4 is 41.5 Å². The monoisotopic (exact) mass is 1420 g/mol. The highest BCUT2D eigenvalue weighted by Crippen LogP contribution is 2.33. The number of carbonyl (C=O) groups is 6. The van der Waals surface area contributed by atoms with Crippen molar-refractivity contribution in [2.24, 2.45) is 5.41 Å². The van der Waals surface area contributed by atoms with Crippen molar-refractivity contribution < 1.29 is 89.7 Å². The lowest BCUT2D eigenvalue weighted by molar-refractivity contribution is -0.156. The van der Waals surface area contributed by atoms with E-state index in [2.05, 4.69) is 28.5 Å². The fourth-order valence-corrected chi connectivity index (χ4v) is 9.62. The van der Waals surface area contributed by atoms with Gasteiger partial charge < -0.3 is 52.1 Å². The third-order valence-electron chi connectivity index (χ3n) is 15.3. The smallest absolute Gasteiger partial charge is 0.343 e. The van der Waals surface area contributed by atoms with Crippen LogP contribution in [0.3, 0.4) is 0 Å². The van der Waals surface area contributed by atoms with Gasteiger partial charge in [0.05, 0.1) is 79.0 Å². The summed E-state index contributed by atoms with van der Waals surface area (Å²) in [6.45, 7) is 6.31. The lowest BCUT2D eigenvalue weighted by Gasteiger charge is -2.24. The maximum atomic E-state index is 14.9. The zero-order valence-corrected chi connectivity index (χ0v) is 56.5. The highest BCUT2D eigenvalue weighted by molar-refractivity contribution is 5.92. The molecule has 0 fully saturated rings. The summed E-state index contributed by atoms with van der Waals surface area (Å²) in [5.74, 6) is 5.77. The molecule has 0 N–H and O–H groups in total. The third kappa shape index (κ3) is 23.6. The van der Waals surface area contributed by atoms with E-state index < -0.39 is 78.5 Å². The number of benzene rings is 9. The molecular weight excluding hydrogens is 1360 g/mol. The van der Waals surface area contributed by atoms with Gasteiger partial charge in [0.25, 0.3) is 0 Å². The lowest BCUT2D eigenvalue weighted by atomic mass is 9.80. The number of esters is 6. The van der Waals surface area contributed by atoms with E-state index in [9.17, 15) is 42.8 Å². The van der Waals surface area contributed by atoms with Gasteiger partial charge in [-0.3, -0.25) is 14.4 Å². The van der Waals surface area contributed by atoms with Crippen LogP contribution in [0.5, 0.6) is 34.5 Å². The van der Waals surface area contributed by atoms with Crippen LogP contribution in [0.1, 0.15) is 90.1 Å². The van der Waals surface area contributed by atoms with Crippen LogP contribution in [-0.2, 0) is 38.1 Å². The largest absolute Gasteiger partial charge is 0.491 e. The lowest BCUT2D eigenvalue weighted by Crippen LogP contribution is -2.34. The van der Waals surface area contributed by atoms with Crippen LogP contribution < -0.4 is 28.4 Å². The molecule has 0 aliphatic heterocycles. The van der Waals surface area contributed by atoms with Gasteiger partial charge in [-0.2, -0.15) is 15.8 Å². The first-order valence-electron chi connectivity index (χ1n) is 32.7. The van der Waals surface area contributed by atoms with Gasteiger partial charge in [-0.05, 0) is 194 Å². The summed E-state index contributed by atoms with van der Waals surface area (Å²) in [5.41, 5.74) is 3.62. The number of nitrogens with zero attached hydrogens (tertiary/aromatic N) is 4. The van der Waals surface area contributed by atoms with Crippen LogP contribution in [0.2, 0.25) is 0 Å². The number of carbonyl (C=O) groups excluding carboxylic acids is 6. The molecule has 0 radical (unpaired) electrons. The zero-order valence-electron chi connectivity index (χ0n) is 56.5. The van der Waals surface area contributed by atoms with Crippen molar-refractivity contribution in [2.75, 3.05) is 66.1 Å². The molecule has 0 atom stereocenters. The van der Waals surface area contributed by atoms with Crippen molar-refractivity contribution in [1.82, 2.24) is 0 Å². The molecule has 530 valence electrons. The maximum absolute atomic E-state index is 14.9. The van der Waals surface area contributed by atoms with E-state index in [0.29, 0.717) is 62.1 Å². The molecule has 0 aliphatic rings. The topological polar surface area (TPSA) is 280 Å². The first-order valence-corrected chi connectivity index (χ1v) is 32.7. The second-order valence-electron chi connectivity index (χ2n) is 22.6. The van der Waals surface area contributed by atoms with Crippen molar-refractivity contribution in [3.63, 3.8) is 0 Å². The molecular formula is C83H62F2N4O17. The molecule has 23 heteroatoms. The Kier molecular flexibility index (Phi) is 28.3. The fraction of sp³-hybridized carbons (Fsp3) is 0.181. The minimum absolute atomic E-state index is 0.0568. The van der Waals surface area contributed by atoms with E-state index in [1.807, 2.05) is 30.3 Å². The number of nitriles is 3. The van der Waals surface area contributed by atoms with E-state index in [0.717, 1.165) is 23.3 Å². The Balaban J connectivity index is 0.688. The molecule has 9 aromatic rings. The predicted molar refractivity (Wildman–Crippen MR) is 377 cm³/mol. The Labute approximate surface area is 608 Å². The minimum Gasteiger partial charge on any atom is -0.491 e. The minimum atomic E-state index is -2.03. The van der Waals surface area contributed by atoms with Crippen molar-refractivity contribution in [2.45, 2.75) is 25.7 Å². The highest BCUT2D eigenvalue weighted by atomic mass is 19.1. The molecule has 9 aromatic carbocycles. The Hall–Kier alpha value is -13.9. The SMILES string of the molecule is [C-]#[N+]c1ccc(-c2ccc(OC(=O)c3ccc(OCCOC(=O)C(C#N)(CCC(=O)OCCOCCOc4ccc(C(=O)Oc5ccc(C#Cc6ccc(C#N)cc6)cc5F)cc4)CCC(=O)OCCOCCOc4ccc(C(=O)Oc5ccc(C#Cc6ccc(C#N)cc6)cc5F)cc4)cc3)cc2)cc1. The summed E-state index contributed by atoms with van der Waals surface area (Å²) in [5, 5.41) is 28.5. The van der Waals surface area contributed by atoms with Gasteiger partial charge in [0.1, 0.15) is 62.6 Å². The molecule has 0 unspecified atom stereocenters. The second-order valence-corrected chi connectivity index (χ2v) is 22.6. The summed E-state index contributed by atoms with van der Waals surface area (Å²) in [6.07, 6.45) is -1.70. The highest BCUT2D eigenvalue weighted by Gasteiger charge is 2.41. The van der Waals surface area contributed by atoms with Crippen LogP contribution in [0.4, 0.5) is 14.5 Å². The quantitative estimate of drug-likeness (QED) is 0.00945. The molecule has 0 spiro atoms. The average molecular weight is 1430 g/mol. The van der Waals surface area contributed by atoms with Crippen LogP contribution in [0, 0.1) is 81.3 Å². The molecule has 0 aliphatic carbocycles. The van der Waals surface area contributed by atoms with Gasteiger partial charge in [0, 0.05) is 35.1 Å². The summed E-state index contributed by atoms with van der Waals surface area (Å²) in [4.78, 5) is 82.0. The standard InChI is InChI=1S/C83H62F2N4O17/c1-89-68-26-16-63(17-27-68)64-18-34-72(35-19-64)104-79(92)65-20-28-71(29-21-65)100-50-51-103-82(95)83(56-88,40-38-77(90)101-48-44-96-42-46-98-69-30-22-66(23-31-69)80(93)105-75-36-14-59(52-73(75)84)8-2-57-4-10-61(54-86)11-5-57)41-39-78(91)102-49-45-97-43-47-99-70-32-24-67(25-33-70)81(94)106-76-37-15-60(53-74(76)85)9-3-58-6-12-62(55-87)13-7-58/h4-7,10-37,52-53H,38-51H2. The maximum Gasteiger partial charge on any atom is 0.343 e. The molecule has 106 heavy (non-hydrogen) atoms. The average Bonchev–Trinajstić information content (AvgIpc) is 0.846. The number of rotatable bonds is 32. The van der Waals surface area contributed by atoms with Gasteiger partial charge in [-0.15, -0.1) is 0 Å². The molecule has 9 rings (SSSR count). The second kappa shape index (κ2) is 39.3. The van der Waals surface area contributed by atoms with E-state index in [-0.39, 0.29) is 94.3 Å². The Morgan fingerprint density at radius 2 is 0.717 bits per heavy atom. The summed E-state index contributed by atoms with van der Waals surface area (Å²) < 4.78 is 90.3. The van der Waals surface area contributed by atoms with Crippen molar-refractivity contribution in [3.8, 4) is 87.5 Å². The first-order chi connectivity index (χ1) is 51.6. The summed E-state index contributed by atoms with van der Waals surface area (Å²) in [6, 6.07) is 58.8. The number of halogens is 2. The molecule has 0 heterocycles. The molecule has 0 amide bonds. The van der Waals surface area contributed by atoms with Crippen LogP contribution in [-0.4, -0.2) is 102 Å². The van der Waals surface area contributed by atoms with Crippen molar-refractivity contribution in [1.29, 1.82) is 15.8 Å². The Morgan fingerprint density at radius 3 is 1.10 bits per heavy atom. The number of hydrogen-bond donors (Lipinski definition) is 0. The van der Waals surface area contributed by atoms with E-state index in [4.69, 9.17) is 69.2 Å². The van der Waals surface area contributed by atoms with Gasteiger partial charge in [-0.25, -0.2) is 28.0 Å². The summed E-state index contributed by atoms with van der Waals surface area (Å²) >= 11 is 0. The molecule has 0 saturated heterocycles. The number of hydrogen-bond acceptors (Lipinski definition) is 20. The fourth-order valence-electron chi connectivity index (χ4n) is 9.62. The first kappa shape index (κ1) is 76.2. The molecule has 21 nitrogen and oxygen atoms in total. The Morgan fingerprint density at radius 1 is 0.377 bits per heavy atom. The zero-order chi connectivity index (χ0) is 74.9. The van der Waals surface area contributed by atoms with Gasteiger partial charge in [0.2, 0.25) is 0 Å². The van der Waals surface area contributed by atoms with Crippen LogP contribution in [0.15, 0.2) is 206 Å². The van der Waals surface area contributed by atoms with Gasteiger partial charge >= 0.3 is 35.8 Å². The molecule has 0 bridgehead atoms. The molecule has 0 saturated carbocycles. The normalized spacial score (nSPS) is 10.4. The van der Waals surface area contributed by atoms with Crippen molar-refractivity contribution in [3.05, 3.63) is 279 Å². The Bertz CT molecular complexity index is 4680. The van der Waals surface area contributed by atoms with E-state index >= 15 is 0 Å².